The third kappa shape index (κ3) is 5.61. The highest BCUT2D eigenvalue weighted by molar-refractivity contribution is 4.68. The zero-order valence-corrected chi connectivity index (χ0v) is 9.72. The first-order chi connectivity index (χ1) is 6.79. The van der Waals surface area contributed by atoms with Crippen molar-refractivity contribution < 1.29 is 4.74 Å². The van der Waals surface area contributed by atoms with Crippen LogP contribution in [0.15, 0.2) is 0 Å². The molecule has 1 saturated carbocycles. The van der Waals surface area contributed by atoms with E-state index < -0.39 is 0 Å². The average Bonchev–Trinajstić information content (AvgIpc) is 2.06. The van der Waals surface area contributed by atoms with Crippen LogP contribution >= 0.6 is 0 Å². The lowest BCUT2D eigenvalue weighted by Gasteiger charge is -2.25. The van der Waals surface area contributed by atoms with Crippen molar-refractivity contribution in [1.82, 2.24) is 5.32 Å². The molecule has 0 radical (unpaired) electrons. The molecule has 0 aromatic heterocycles. The average molecular weight is 199 g/mol. The van der Waals surface area contributed by atoms with Gasteiger partial charge in [0.1, 0.15) is 0 Å². The number of hydrogen-bond donors (Lipinski definition) is 1. The van der Waals surface area contributed by atoms with Gasteiger partial charge in [0.15, 0.2) is 0 Å². The van der Waals surface area contributed by atoms with E-state index in [0.29, 0.717) is 12.1 Å². The Morgan fingerprint density at radius 1 is 1.21 bits per heavy atom. The monoisotopic (exact) mass is 199 g/mol. The fourth-order valence-corrected chi connectivity index (χ4v) is 1.58. The Morgan fingerprint density at radius 2 is 2.00 bits per heavy atom. The van der Waals surface area contributed by atoms with Gasteiger partial charge in [-0.3, -0.25) is 0 Å². The summed E-state index contributed by atoms with van der Waals surface area (Å²) in [5, 5.41) is 3.43. The molecule has 0 heterocycles. The first-order valence-electron chi connectivity index (χ1n) is 6.14. The van der Waals surface area contributed by atoms with Gasteiger partial charge in [0.25, 0.3) is 0 Å². The molecule has 0 saturated heterocycles. The van der Waals surface area contributed by atoms with E-state index in [1.807, 2.05) is 0 Å². The van der Waals surface area contributed by atoms with Crippen LogP contribution in [0.1, 0.15) is 52.4 Å². The Kier molecular flexibility index (Phi) is 6.20. The van der Waals surface area contributed by atoms with Crippen molar-refractivity contribution in [2.75, 3.05) is 13.2 Å². The van der Waals surface area contributed by atoms with E-state index in [1.54, 1.807) is 0 Å². The minimum atomic E-state index is 0.615. The molecule has 0 aliphatic heterocycles. The Balaban J connectivity index is 1.71. The van der Waals surface area contributed by atoms with Crippen molar-refractivity contribution in [1.29, 1.82) is 0 Å². The van der Waals surface area contributed by atoms with E-state index in [9.17, 15) is 0 Å². The Hall–Kier alpha value is -0.0800. The molecule has 1 rings (SSSR count). The molecule has 0 aromatic carbocycles. The van der Waals surface area contributed by atoms with Crippen molar-refractivity contribution in [3.8, 4) is 0 Å². The summed E-state index contributed by atoms with van der Waals surface area (Å²) in [5.41, 5.74) is 0. The quantitative estimate of drug-likeness (QED) is 0.607. The summed E-state index contributed by atoms with van der Waals surface area (Å²) in [5.74, 6) is 0. The normalized spacial score (nSPS) is 17.4. The maximum Gasteiger partial charge on any atom is 0.0575 e. The molecule has 0 amide bonds. The van der Waals surface area contributed by atoms with E-state index in [0.717, 1.165) is 13.2 Å². The van der Waals surface area contributed by atoms with Gasteiger partial charge >= 0.3 is 0 Å². The zero-order valence-electron chi connectivity index (χ0n) is 9.72. The molecular weight excluding hydrogens is 174 g/mol. The van der Waals surface area contributed by atoms with Gasteiger partial charge < -0.3 is 10.1 Å². The smallest absolute Gasteiger partial charge is 0.0575 e. The van der Waals surface area contributed by atoms with E-state index in [-0.39, 0.29) is 0 Å². The van der Waals surface area contributed by atoms with Crippen LogP contribution in [-0.2, 0) is 4.74 Å². The van der Waals surface area contributed by atoms with Crippen LogP contribution in [0.25, 0.3) is 0 Å². The first-order valence-corrected chi connectivity index (χ1v) is 6.14. The standard InChI is InChI=1S/C12H25NO/c1-11(2)13-9-4-3-5-10-14-12-7-6-8-12/h11-13H,3-10H2,1-2H3. The minimum absolute atomic E-state index is 0.615. The third-order valence-electron chi connectivity index (χ3n) is 2.78. The lowest BCUT2D eigenvalue weighted by molar-refractivity contribution is 0.000666. The van der Waals surface area contributed by atoms with Crippen LogP contribution in [-0.4, -0.2) is 25.3 Å². The highest BCUT2D eigenvalue weighted by atomic mass is 16.5. The number of ether oxygens (including phenoxy) is 1. The van der Waals surface area contributed by atoms with Crippen LogP contribution in [0.4, 0.5) is 0 Å². The molecule has 1 fully saturated rings. The minimum Gasteiger partial charge on any atom is -0.378 e. The van der Waals surface area contributed by atoms with Crippen LogP contribution in [0.5, 0.6) is 0 Å². The summed E-state index contributed by atoms with van der Waals surface area (Å²) in [6, 6.07) is 0.626. The maximum absolute atomic E-state index is 5.69. The van der Waals surface area contributed by atoms with Crippen molar-refractivity contribution in [3.05, 3.63) is 0 Å². The molecule has 2 heteroatoms. The van der Waals surface area contributed by atoms with Gasteiger partial charge in [-0.05, 0) is 45.1 Å². The largest absolute Gasteiger partial charge is 0.378 e. The van der Waals surface area contributed by atoms with Crippen LogP contribution in [0.2, 0.25) is 0 Å². The van der Waals surface area contributed by atoms with Crippen LogP contribution < -0.4 is 5.32 Å². The number of unbranched alkanes of at least 4 members (excludes halogenated alkanes) is 2. The van der Waals surface area contributed by atoms with Crippen molar-refractivity contribution >= 4 is 0 Å². The van der Waals surface area contributed by atoms with Crippen LogP contribution in [0, 0.1) is 0 Å². The van der Waals surface area contributed by atoms with Gasteiger partial charge in [0, 0.05) is 12.6 Å². The number of rotatable bonds is 8. The van der Waals surface area contributed by atoms with E-state index in [2.05, 4.69) is 19.2 Å². The second kappa shape index (κ2) is 7.24. The number of hydrogen-bond acceptors (Lipinski definition) is 2. The lowest BCUT2D eigenvalue weighted by Crippen LogP contribution is -2.24. The predicted octanol–water partition coefficient (Wildman–Crippen LogP) is 2.72. The third-order valence-corrected chi connectivity index (χ3v) is 2.78. The molecule has 1 aliphatic rings. The molecule has 1 aliphatic carbocycles. The SMILES string of the molecule is CC(C)NCCCCCOC1CCC1. The second-order valence-electron chi connectivity index (χ2n) is 4.59. The molecule has 14 heavy (non-hydrogen) atoms. The molecule has 0 atom stereocenters. The Bertz CT molecular complexity index is 132. The van der Waals surface area contributed by atoms with E-state index in [4.69, 9.17) is 4.74 Å². The van der Waals surface area contributed by atoms with E-state index >= 15 is 0 Å². The Labute approximate surface area is 88.4 Å². The fraction of sp³-hybridized carbons (Fsp3) is 1.00. The van der Waals surface area contributed by atoms with E-state index in [1.165, 1.54) is 38.5 Å². The van der Waals surface area contributed by atoms with Gasteiger partial charge in [0.2, 0.25) is 0 Å². The molecule has 2 nitrogen and oxygen atoms in total. The van der Waals surface area contributed by atoms with Gasteiger partial charge in [-0.2, -0.15) is 0 Å². The van der Waals surface area contributed by atoms with Crippen molar-refractivity contribution in [3.63, 3.8) is 0 Å². The summed E-state index contributed by atoms with van der Waals surface area (Å²) in [7, 11) is 0. The van der Waals surface area contributed by atoms with Crippen molar-refractivity contribution in [2.45, 2.75) is 64.5 Å². The second-order valence-corrected chi connectivity index (χ2v) is 4.59. The van der Waals surface area contributed by atoms with Gasteiger partial charge in [-0.1, -0.05) is 13.8 Å². The molecule has 0 bridgehead atoms. The van der Waals surface area contributed by atoms with Gasteiger partial charge in [-0.15, -0.1) is 0 Å². The lowest BCUT2D eigenvalue weighted by atomic mass is 9.96. The summed E-state index contributed by atoms with van der Waals surface area (Å²) < 4.78 is 5.69. The summed E-state index contributed by atoms with van der Waals surface area (Å²) in [4.78, 5) is 0. The van der Waals surface area contributed by atoms with Gasteiger partial charge in [0.05, 0.1) is 6.10 Å². The first kappa shape index (κ1) is 12.0. The maximum atomic E-state index is 5.69. The zero-order chi connectivity index (χ0) is 10.2. The molecule has 84 valence electrons. The Morgan fingerprint density at radius 3 is 2.57 bits per heavy atom. The van der Waals surface area contributed by atoms with Crippen molar-refractivity contribution in [2.24, 2.45) is 0 Å². The highest BCUT2D eigenvalue weighted by Crippen LogP contribution is 2.21. The van der Waals surface area contributed by atoms with Gasteiger partial charge in [-0.25, -0.2) is 0 Å². The molecule has 1 N–H and O–H groups in total. The fourth-order valence-electron chi connectivity index (χ4n) is 1.58. The summed E-state index contributed by atoms with van der Waals surface area (Å²) in [6.07, 6.45) is 8.41. The molecular formula is C12H25NO. The molecule has 0 aromatic rings. The predicted molar refractivity (Wildman–Crippen MR) is 60.6 cm³/mol. The molecule has 0 spiro atoms. The van der Waals surface area contributed by atoms with Crippen LogP contribution in [0.3, 0.4) is 0 Å². The summed E-state index contributed by atoms with van der Waals surface area (Å²) in [6.45, 7) is 6.52. The summed E-state index contributed by atoms with van der Waals surface area (Å²) >= 11 is 0. The topological polar surface area (TPSA) is 21.3 Å². The number of nitrogens with one attached hydrogen (secondary N) is 1. The highest BCUT2D eigenvalue weighted by Gasteiger charge is 2.16. The molecule has 0 unspecified atom stereocenters.